The molecule has 0 spiro atoms. The highest BCUT2D eigenvalue weighted by molar-refractivity contribution is 5.93. The summed E-state index contributed by atoms with van der Waals surface area (Å²) in [5, 5.41) is 6.13. The predicted molar refractivity (Wildman–Crippen MR) is 87.8 cm³/mol. The van der Waals surface area contributed by atoms with Gasteiger partial charge in [0.15, 0.2) is 5.58 Å². The number of methoxy groups -OCH3 is 1. The molecule has 0 radical (unpaired) electrons. The molecular formula is C15H20ClN3O4. The summed E-state index contributed by atoms with van der Waals surface area (Å²) in [5.41, 5.74) is 2.07. The topological polar surface area (TPSA) is 85.6 Å². The summed E-state index contributed by atoms with van der Waals surface area (Å²) >= 11 is 0. The molecule has 8 heteroatoms. The maximum absolute atomic E-state index is 12.1. The summed E-state index contributed by atoms with van der Waals surface area (Å²) in [6, 6.07) is 5.45. The lowest BCUT2D eigenvalue weighted by Gasteiger charge is -2.23. The van der Waals surface area contributed by atoms with Gasteiger partial charge in [-0.15, -0.1) is 12.4 Å². The lowest BCUT2D eigenvalue weighted by molar-refractivity contribution is -0.117. The van der Waals surface area contributed by atoms with Gasteiger partial charge in [-0.05, 0) is 18.2 Å². The Balaban J connectivity index is 0.00000192. The minimum absolute atomic E-state index is 0. The van der Waals surface area contributed by atoms with Gasteiger partial charge in [0.05, 0.1) is 13.2 Å². The molecule has 0 bridgehead atoms. The van der Waals surface area contributed by atoms with Crippen LogP contribution in [-0.2, 0) is 20.9 Å². The maximum Gasteiger partial charge on any atom is 0.226 e. The Morgan fingerprint density at radius 2 is 2.39 bits per heavy atom. The molecule has 1 atom stereocenters. The van der Waals surface area contributed by atoms with E-state index in [1.807, 2.05) is 0 Å². The standard InChI is InChI=1S/C15H19N3O4.ClH/c1-20-9-15-18-12-6-10(2-3-13(12)22-15)17-14(19)7-11-8-21-5-4-16-11;/h2-3,6,11,16H,4-5,7-9H2,1H3,(H,17,19);1H. The number of nitrogens with zero attached hydrogens (tertiary/aromatic N) is 1. The smallest absolute Gasteiger partial charge is 0.226 e. The fraction of sp³-hybridized carbons (Fsp3) is 0.467. The molecule has 23 heavy (non-hydrogen) atoms. The summed E-state index contributed by atoms with van der Waals surface area (Å²) in [7, 11) is 1.59. The number of benzene rings is 1. The first-order valence-corrected chi connectivity index (χ1v) is 7.24. The van der Waals surface area contributed by atoms with E-state index < -0.39 is 0 Å². The SMILES string of the molecule is COCc1nc2cc(NC(=O)CC3COCCN3)ccc2o1.Cl. The number of carbonyl (C=O) groups is 1. The molecule has 1 fully saturated rings. The molecule has 1 aromatic heterocycles. The van der Waals surface area contributed by atoms with Gasteiger partial charge in [-0.2, -0.15) is 0 Å². The Morgan fingerprint density at radius 1 is 1.52 bits per heavy atom. The molecule has 0 aliphatic carbocycles. The van der Waals surface area contributed by atoms with E-state index in [1.165, 1.54) is 0 Å². The van der Waals surface area contributed by atoms with E-state index in [4.69, 9.17) is 13.9 Å². The van der Waals surface area contributed by atoms with Crippen LogP contribution in [0.25, 0.3) is 11.1 Å². The van der Waals surface area contributed by atoms with Crippen molar-refractivity contribution in [3.8, 4) is 0 Å². The maximum atomic E-state index is 12.1. The Morgan fingerprint density at radius 3 is 3.13 bits per heavy atom. The van der Waals surface area contributed by atoms with Crippen molar-refractivity contribution in [2.24, 2.45) is 0 Å². The fourth-order valence-corrected chi connectivity index (χ4v) is 2.42. The van der Waals surface area contributed by atoms with E-state index in [9.17, 15) is 4.79 Å². The molecule has 2 heterocycles. The van der Waals surface area contributed by atoms with Crippen LogP contribution in [-0.4, -0.2) is 43.8 Å². The van der Waals surface area contributed by atoms with Crippen molar-refractivity contribution < 1.29 is 18.7 Å². The van der Waals surface area contributed by atoms with Gasteiger partial charge in [0.25, 0.3) is 0 Å². The molecule has 7 nitrogen and oxygen atoms in total. The summed E-state index contributed by atoms with van der Waals surface area (Å²) in [6.45, 7) is 2.37. The largest absolute Gasteiger partial charge is 0.438 e. The van der Waals surface area contributed by atoms with Crippen molar-refractivity contribution >= 4 is 35.1 Å². The quantitative estimate of drug-likeness (QED) is 0.861. The third-order valence-corrected chi connectivity index (χ3v) is 3.41. The number of ether oxygens (including phenoxy) is 2. The van der Waals surface area contributed by atoms with Crippen LogP contribution in [0.5, 0.6) is 0 Å². The number of oxazole rings is 1. The van der Waals surface area contributed by atoms with Crippen molar-refractivity contribution in [3.63, 3.8) is 0 Å². The van der Waals surface area contributed by atoms with E-state index >= 15 is 0 Å². The number of amides is 1. The van der Waals surface area contributed by atoms with Gasteiger partial charge in [-0.25, -0.2) is 4.98 Å². The number of halogens is 1. The first kappa shape index (κ1) is 17.7. The van der Waals surface area contributed by atoms with Gasteiger partial charge in [0, 0.05) is 31.8 Å². The van der Waals surface area contributed by atoms with Gasteiger partial charge >= 0.3 is 0 Å². The Hall–Kier alpha value is -1.67. The first-order chi connectivity index (χ1) is 10.7. The van der Waals surface area contributed by atoms with Crippen LogP contribution >= 0.6 is 12.4 Å². The number of morpholine rings is 1. The molecule has 2 N–H and O–H groups in total. The number of hydrogen-bond acceptors (Lipinski definition) is 6. The summed E-state index contributed by atoms with van der Waals surface area (Å²) < 4.78 is 15.8. The van der Waals surface area contributed by atoms with Gasteiger partial charge < -0.3 is 24.5 Å². The molecule has 2 aromatic rings. The number of nitrogens with one attached hydrogen (secondary N) is 2. The molecule has 1 unspecified atom stereocenters. The van der Waals surface area contributed by atoms with E-state index in [2.05, 4.69) is 15.6 Å². The zero-order valence-electron chi connectivity index (χ0n) is 12.8. The Bertz CT molecular complexity index is 655. The van der Waals surface area contributed by atoms with E-state index in [0.717, 1.165) is 6.54 Å². The van der Waals surface area contributed by atoms with Crippen LogP contribution in [0.1, 0.15) is 12.3 Å². The van der Waals surface area contributed by atoms with Gasteiger partial charge in [0.1, 0.15) is 12.1 Å². The summed E-state index contributed by atoms with van der Waals surface area (Å²) in [5.74, 6) is 0.465. The van der Waals surface area contributed by atoms with Gasteiger partial charge in [-0.1, -0.05) is 0 Å². The minimum atomic E-state index is -0.0528. The highest BCUT2D eigenvalue weighted by Crippen LogP contribution is 2.20. The van der Waals surface area contributed by atoms with Crippen LogP contribution < -0.4 is 10.6 Å². The number of anilines is 1. The second-order valence-electron chi connectivity index (χ2n) is 5.20. The van der Waals surface area contributed by atoms with Gasteiger partial charge in [-0.3, -0.25) is 4.79 Å². The van der Waals surface area contributed by atoms with Crippen molar-refractivity contribution in [3.05, 3.63) is 24.1 Å². The highest BCUT2D eigenvalue weighted by Gasteiger charge is 2.17. The molecule has 126 valence electrons. The van der Waals surface area contributed by atoms with Crippen molar-refractivity contribution in [2.45, 2.75) is 19.1 Å². The molecular weight excluding hydrogens is 322 g/mol. The van der Waals surface area contributed by atoms with Crippen LogP contribution in [0, 0.1) is 0 Å². The average molecular weight is 342 g/mol. The van der Waals surface area contributed by atoms with Crippen LogP contribution in [0.3, 0.4) is 0 Å². The summed E-state index contributed by atoms with van der Waals surface area (Å²) in [4.78, 5) is 16.4. The Kier molecular flexibility index (Phi) is 6.35. The van der Waals surface area contributed by atoms with Crippen molar-refractivity contribution in [1.29, 1.82) is 0 Å². The fourth-order valence-electron chi connectivity index (χ4n) is 2.42. The Labute approximate surface area is 140 Å². The minimum Gasteiger partial charge on any atom is -0.438 e. The first-order valence-electron chi connectivity index (χ1n) is 7.24. The lowest BCUT2D eigenvalue weighted by atomic mass is 10.2. The van der Waals surface area contributed by atoms with E-state index in [-0.39, 0.29) is 24.4 Å². The third kappa shape index (κ3) is 4.65. The second-order valence-corrected chi connectivity index (χ2v) is 5.20. The van der Waals surface area contributed by atoms with Crippen molar-refractivity contribution in [2.75, 3.05) is 32.2 Å². The summed E-state index contributed by atoms with van der Waals surface area (Å²) in [6.07, 6.45) is 0.381. The van der Waals surface area contributed by atoms with E-state index in [0.29, 0.717) is 48.9 Å². The van der Waals surface area contributed by atoms with Gasteiger partial charge in [0.2, 0.25) is 11.8 Å². The van der Waals surface area contributed by atoms with Crippen LogP contribution in [0.15, 0.2) is 22.6 Å². The van der Waals surface area contributed by atoms with E-state index in [1.54, 1.807) is 25.3 Å². The molecule has 1 aromatic carbocycles. The number of aromatic nitrogens is 1. The number of carbonyl (C=O) groups excluding carboxylic acids is 1. The van der Waals surface area contributed by atoms with Crippen LogP contribution in [0.4, 0.5) is 5.69 Å². The normalized spacial score (nSPS) is 17.7. The third-order valence-electron chi connectivity index (χ3n) is 3.41. The van der Waals surface area contributed by atoms with Crippen LogP contribution in [0.2, 0.25) is 0 Å². The molecule has 3 rings (SSSR count). The lowest BCUT2D eigenvalue weighted by Crippen LogP contribution is -2.43. The predicted octanol–water partition coefficient (Wildman–Crippen LogP) is 1.71. The number of rotatable bonds is 5. The molecule has 0 saturated carbocycles. The zero-order chi connectivity index (χ0) is 15.4. The molecule has 1 saturated heterocycles. The monoisotopic (exact) mass is 341 g/mol. The zero-order valence-corrected chi connectivity index (χ0v) is 13.6. The second kappa shape index (κ2) is 8.26. The van der Waals surface area contributed by atoms with Crippen molar-refractivity contribution in [1.82, 2.24) is 10.3 Å². The highest BCUT2D eigenvalue weighted by atomic mass is 35.5. The number of fused-ring (bicyclic) bond motifs is 1. The number of hydrogen-bond donors (Lipinski definition) is 2. The molecule has 1 aliphatic rings. The average Bonchev–Trinajstić information content (AvgIpc) is 2.90. The molecule has 1 amide bonds. The molecule has 1 aliphatic heterocycles.